The first-order chi connectivity index (χ1) is 27.2. The molecule has 1 saturated heterocycles. The molecule has 0 aromatic rings. The number of unbranched alkanes of at least 4 members (excludes halogenated alkanes) is 25. The second-order valence-corrected chi connectivity index (χ2v) is 18.0. The van der Waals surface area contributed by atoms with Gasteiger partial charge in [-0.1, -0.05) is 195 Å². The number of hydrogen-bond acceptors (Lipinski definition) is 5. The highest BCUT2D eigenvalue weighted by Crippen LogP contribution is 2.13. The summed E-state index contributed by atoms with van der Waals surface area (Å²) < 4.78 is 0. The molecule has 0 radical (unpaired) electrons. The van der Waals surface area contributed by atoms with E-state index in [1.165, 1.54) is 291 Å². The van der Waals surface area contributed by atoms with Gasteiger partial charge in [-0.05, 0) is 64.8 Å². The summed E-state index contributed by atoms with van der Waals surface area (Å²) in [6.07, 6.45) is 42.1. The Hall–Kier alpha value is -0.200. The lowest BCUT2D eigenvalue weighted by atomic mass is 10.1. The van der Waals surface area contributed by atoms with E-state index < -0.39 is 0 Å². The SMILES string of the molecule is CCCCCCCCN1CCN(CCCCCCCC)CCN(CCCCCCCC)CCN(CCCCCCCC)CCN(CCCCCCCC)CC1. The Balaban J connectivity index is 3.14. The monoisotopic (exact) mass is 776 g/mol. The zero-order valence-electron chi connectivity index (χ0n) is 39.1. The Morgan fingerprint density at radius 2 is 0.309 bits per heavy atom. The van der Waals surface area contributed by atoms with E-state index in [0.29, 0.717) is 0 Å². The van der Waals surface area contributed by atoms with Crippen molar-refractivity contribution in [1.82, 2.24) is 24.5 Å². The Labute approximate surface area is 348 Å². The summed E-state index contributed by atoms with van der Waals surface area (Å²) in [6.45, 7) is 30.8. The molecule has 0 atom stereocenters. The zero-order valence-corrected chi connectivity index (χ0v) is 39.1. The Morgan fingerprint density at radius 3 is 0.455 bits per heavy atom. The van der Waals surface area contributed by atoms with Crippen LogP contribution >= 0.6 is 0 Å². The summed E-state index contributed by atoms with van der Waals surface area (Å²) in [5.41, 5.74) is 0. The second kappa shape index (κ2) is 41.9. The molecule has 0 aromatic carbocycles. The lowest BCUT2D eigenvalue weighted by Crippen LogP contribution is -2.43. The van der Waals surface area contributed by atoms with Gasteiger partial charge in [0.25, 0.3) is 0 Å². The second-order valence-electron chi connectivity index (χ2n) is 18.0. The summed E-state index contributed by atoms with van der Waals surface area (Å²) in [6, 6.07) is 0. The van der Waals surface area contributed by atoms with Gasteiger partial charge in [-0.2, -0.15) is 0 Å². The van der Waals surface area contributed by atoms with E-state index in [-0.39, 0.29) is 0 Å². The van der Waals surface area contributed by atoms with Gasteiger partial charge in [-0.3, -0.25) is 0 Å². The Bertz CT molecular complexity index is 574. The van der Waals surface area contributed by atoms with Crippen LogP contribution in [0.25, 0.3) is 0 Å². The van der Waals surface area contributed by atoms with E-state index in [4.69, 9.17) is 0 Å². The lowest BCUT2D eigenvalue weighted by Gasteiger charge is -2.31. The number of rotatable bonds is 35. The van der Waals surface area contributed by atoms with Gasteiger partial charge in [0, 0.05) is 65.4 Å². The molecule has 5 nitrogen and oxygen atoms in total. The average molecular weight is 776 g/mol. The Kier molecular flexibility index (Phi) is 40.3. The summed E-state index contributed by atoms with van der Waals surface area (Å²) >= 11 is 0. The van der Waals surface area contributed by atoms with Crippen LogP contribution in [-0.4, -0.2) is 123 Å². The first-order valence-electron chi connectivity index (χ1n) is 25.8. The van der Waals surface area contributed by atoms with Gasteiger partial charge in [-0.25, -0.2) is 0 Å². The van der Waals surface area contributed by atoms with Crippen molar-refractivity contribution in [1.29, 1.82) is 0 Å². The summed E-state index contributed by atoms with van der Waals surface area (Å²) in [7, 11) is 0. The quantitative estimate of drug-likeness (QED) is 0.0594. The van der Waals surface area contributed by atoms with Crippen LogP contribution in [0.2, 0.25) is 0 Å². The molecule has 1 heterocycles. The maximum Gasteiger partial charge on any atom is 0.0110 e. The highest BCUT2D eigenvalue weighted by Gasteiger charge is 2.17. The highest BCUT2D eigenvalue weighted by molar-refractivity contribution is 4.73. The molecule has 0 spiro atoms. The largest absolute Gasteiger partial charge is 0.301 e. The molecule has 1 fully saturated rings. The van der Waals surface area contributed by atoms with E-state index in [1.807, 2.05) is 0 Å². The van der Waals surface area contributed by atoms with Crippen molar-refractivity contribution < 1.29 is 0 Å². The van der Waals surface area contributed by atoms with Crippen LogP contribution in [0.1, 0.15) is 227 Å². The van der Waals surface area contributed by atoms with Gasteiger partial charge in [0.2, 0.25) is 0 Å². The van der Waals surface area contributed by atoms with Gasteiger partial charge < -0.3 is 24.5 Å². The summed E-state index contributed by atoms with van der Waals surface area (Å²) in [5, 5.41) is 0. The van der Waals surface area contributed by atoms with Crippen LogP contribution in [0.3, 0.4) is 0 Å². The molecule has 0 aliphatic carbocycles. The maximum absolute atomic E-state index is 2.91. The first-order valence-corrected chi connectivity index (χ1v) is 25.8. The molecule has 1 aliphatic rings. The van der Waals surface area contributed by atoms with Crippen LogP contribution in [-0.2, 0) is 0 Å². The third-order valence-corrected chi connectivity index (χ3v) is 12.8. The fourth-order valence-electron chi connectivity index (χ4n) is 8.67. The van der Waals surface area contributed by atoms with Gasteiger partial charge in [0.15, 0.2) is 0 Å². The van der Waals surface area contributed by atoms with Crippen molar-refractivity contribution in [2.75, 3.05) is 98.2 Å². The van der Waals surface area contributed by atoms with Gasteiger partial charge in [0.05, 0.1) is 0 Å². The molecule has 0 bridgehead atoms. The van der Waals surface area contributed by atoms with Crippen molar-refractivity contribution in [2.24, 2.45) is 0 Å². The average Bonchev–Trinajstić information content (AvgIpc) is 3.20. The normalized spacial score (nSPS) is 17.2. The molecule has 0 amide bonds. The predicted molar refractivity (Wildman–Crippen MR) is 249 cm³/mol. The molecule has 0 aromatic heterocycles. The van der Waals surface area contributed by atoms with Crippen molar-refractivity contribution in [2.45, 2.75) is 227 Å². The minimum Gasteiger partial charge on any atom is -0.301 e. The fraction of sp³-hybridized carbons (Fsp3) is 1.00. The van der Waals surface area contributed by atoms with Crippen LogP contribution in [0.5, 0.6) is 0 Å². The molecule has 1 rings (SSSR count). The summed E-state index contributed by atoms with van der Waals surface area (Å²) in [5.74, 6) is 0. The zero-order chi connectivity index (χ0) is 39.7. The van der Waals surface area contributed by atoms with Crippen LogP contribution in [0.4, 0.5) is 0 Å². The van der Waals surface area contributed by atoms with E-state index in [0.717, 1.165) is 0 Å². The van der Waals surface area contributed by atoms with Crippen LogP contribution < -0.4 is 0 Å². The van der Waals surface area contributed by atoms with Gasteiger partial charge in [0.1, 0.15) is 0 Å². The summed E-state index contributed by atoms with van der Waals surface area (Å²) in [4.78, 5) is 14.5. The van der Waals surface area contributed by atoms with Crippen LogP contribution in [0.15, 0.2) is 0 Å². The molecule has 1 aliphatic heterocycles. The van der Waals surface area contributed by atoms with Crippen molar-refractivity contribution in [3.05, 3.63) is 0 Å². The third-order valence-electron chi connectivity index (χ3n) is 12.8. The molecular weight excluding hydrogens is 671 g/mol. The van der Waals surface area contributed by atoms with E-state index >= 15 is 0 Å². The lowest BCUT2D eigenvalue weighted by molar-refractivity contribution is 0.160. The van der Waals surface area contributed by atoms with Crippen LogP contribution in [0, 0.1) is 0 Å². The first kappa shape index (κ1) is 52.8. The Morgan fingerprint density at radius 1 is 0.182 bits per heavy atom. The predicted octanol–water partition coefficient (Wildman–Crippen LogP) is 13.3. The topological polar surface area (TPSA) is 16.2 Å². The molecule has 0 saturated carbocycles. The van der Waals surface area contributed by atoms with Crippen molar-refractivity contribution >= 4 is 0 Å². The number of nitrogens with zero attached hydrogens (tertiary/aromatic N) is 5. The van der Waals surface area contributed by atoms with Gasteiger partial charge in [-0.15, -0.1) is 0 Å². The molecule has 330 valence electrons. The molecule has 5 heteroatoms. The molecule has 55 heavy (non-hydrogen) atoms. The van der Waals surface area contributed by atoms with E-state index in [2.05, 4.69) is 59.1 Å². The van der Waals surface area contributed by atoms with Crippen molar-refractivity contribution in [3.63, 3.8) is 0 Å². The third kappa shape index (κ3) is 34.4. The van der Waals surface area contributed by atoms with Gasteiger partial charge >= 0.3 is 0 Å². The maximum atomic E-state index is 2.91. The highest BCUT2D eigenvalue weighted by atomic mass is 15.3. The fourth-order valence-corrected chi connectivity index (χ4v) is 8.67. The minimum atomic E-state index is 1.26. The number of hydrogen-bond donors (Lipinski definition) is 0. The molecule has 0 N–H and O–H groups in total. The minimum absolute atomic E-state index is 1.26. The standard InChI is InChI=1S/C50H105N5/c1-6-11-16-21-26-31-36-51-41-43-52(37-32-27-22-17-12-7-2)45-47-54(39-34-29-24-19-14-9-4)49-50-55(40-35-30-25-20-15-10-5)48-46-53(44-42-51)38-33-28-23-18-13-8-3/h6-50H2,1-5H3. The molecule has 0 unspecified atom stereocenters. The van der Waals surface area contributed by atoms with Crippen molar-refractivity contribution in [3.8, 4) is 0 Å². The van der Waals surface area contributed by atoms with E-state index in [9.17, 15) is 0 Å². The molecular formula is C50H105N5. The smallest absolute Gasteiger partial charge is 0.0110 e. The van der Waals surface area contributed by atoms with E-state index in [1.54, 1.807) is 0 Å².